The van der Waals surface area contributed by atoms with Gasteiger partial charge in [0, 0.05) is 5.41 Å². The van der Waals surface area contributed by atoms with Crippen LogP contribution in [-0.2, 0) is 27.5 Å². The molecule has 2 aromatic carbocycles. The van der Waals surface area contributed by atoms with Crippen LogP contribution >= 0.6 is 0 Å². The summed E-state index contributed by atoms with van der Waals surface area (Å²) in [5.41, 5.74) is 3.68. The van der Waals surface area contributed by atoms with Crippen LogP contribution < -0.4 is 0 Å². The summed E-state index contributed by atoms with van der Waals surface area (Å²) in [7, 11) is 0. The summed E-state index contributed by atoms with van der Waals surface area (Å²) in [4.78, 5) is 13.4. The Bertz CT molecular complexity index is 1530. The molecule has 0 spiro atoms. The number of fused-ring (bicyclic) bond motifs is 7. The number of rotatable bonds is 7. The van der Waals surface area contributed by atoms with E-state index in [1.165, 1.54) is 24.8 Å². The van der Waals surface area contributed by atoms with Gasteiger partial charge in [0.25, 0.3) is 0 Å². The molecule has 0 radical (unpaired) electrons. The average Bonchev–Trinajstić information content (AvgIpc) is 3.05. The molecule has 0 aromatic heterocycles. The lowest BCUT2D eigenvalue weighted by atomic mass is 9.33. The lowest BCUT2D eigenvalue weighted by molar-refractivity contribution is -0.228. The third-order valence-electron chi connectivity index (χ3n) is 15.7. The van der Waals surface area contributed by atoms with Crippen LogP contribution in [0.2, 0.25) is 0 Å². The molecule has 0 saturated heterocycles. The van der Waals surface area contributed by atoms with Gasteiger partial charge in [-0.25, -0.2) is 0 Å². The molecule has 0 heterocycles. The molecule has 4 nitrogen and oxygen atoms in total. The summed E-state index contributed by atoms with van der Waals surface area (Å²) in [6, 6.07) is 20.9. The summed E-state index contributed by atoms with van der Waals surface area (Å²) in [5.74, 6) is 0.373. The third kappa shape index (κ3) is 5.09. The van der Waals surface area contributed by atoms with Crippen LogP contribution in [0.1, 0.15) is 117 Å². The summed E-state index contributed by atoms with van der Waals surface area (Å²) < 4.78 is 13.5. The summed E-state index contributed by atoms with van der Waals surface area (Å²) >= 11 is 0. The number of hydrogen-bond acceptors (Lipinski definition) is 3. The van der Waals surface area contributed by atoms with E-state index >= 15 is 0 Å². The van der Waals surface area contributed by atoms with Crippen molar-refractivity contribution in [2.75, 3.05) is 0 Å². The predicted octanol–water partition coefficient (Wildman–Crippen LogP) is 10.7. The van der Waals surface area contributed by atoms with Crippen LogP contribution in [0.25, 0.3) is 0 Å². The van der Waals surface area contributed by atoms with Crippen molar-refractivity contribution >= 4 is 5.97 Å². The largest absolute Gasteiger partial charge is 0.481 e. The van der Waals surface area contributed by atoms with Gasteiger partial charge in [-0.1, -0.05) is 114 Å². The van der Waals surface area contributed by atoms with Gasteiger partial charge in [-0.3, -0.25) is 4.79 Å². The Balaban J connectivity index is 1.19. The number of hydrogen-bond donors (Lipinski definition) is 1. The second-order valence-corrected chi connectivity index (χ2v) is 18.6. The van der Waals surface area contributed by atoms with Gasteiger partial charge in [0.05, 0.1) is 30.8 Å². The minimum Gasteiger partial charge on any atom is -0.481 e. The van der Waals surface area contributed by atoms with E-state index in [1.54, 1.807) is 5.57 Å². The fraction of sp³-hybridized carbons (Fsp3) is 0.659. The maximum absolute atomic E-state index is 13.4. The Kier molecular flexibility index (Phi) is 8.39. The first-order valence-electron chi connectivity index (χ1n) is 18.9. The zero-order valence-corrected chi connectivity index (χ0v) is 30.7. The van der Waals surface area contributed by atoms with Crippen molar-refractivity contribution in [2.24, 2.45) is 50.2 Å². The molecular formula is C44H60O4. The summed E-state index contributed by atoms with van der Waals surface area (Å²) in [6.07, 6.45) is 12.3. The van der Waals surface area contributed by atoms with E-state index in [4.69, 9.17) is 9.47 Å². The maximum Gasteiger partial charge on any atom is 0.312 e. The Labute approximate surface area is 290 Å². The predicted molar refractivity (Wildman–Crippen MR) is 192 cm³/mol. The quantitative estimate of drug-likeness (QED) is 0.303. The van der Waals surface area contributed by atoms with E-state index < -0.39 is 11.4 Å². The molecule has 1 N–H and O–H groups in total. The van der Waals surface area contributed by atoms with E-state index in [0.717, 1.165) is 44.1 Å². The van der Waals surface area contributed by atoms with Gasteiger partial charge in [-0.15, -0.1) is 0 Å². The first-order chi connectivity index (χ1) is 22.7. The van der Waals surface area contributed by atoms with Crippen LogP contribution in [0.3, 0.4) is 0 Å². The molecule has 0 bridgehead atoms. The minimum absolute atomic E-state index is 0.0499. The number of aliphatic carboxylic acids is 1. The molecule has 48 heavy (non-hydrogen) atoms. The Morgan fingerprint density at radius 2 is 1.31 bits per heavy atom. The molecule has 5 aliphatic carbocycles. The molecule has 4 heteroatoms. The van der Waals surface area contributed by atoms with Crippen LogP contribution in [-0.4, -0.2) is 23.3 Å². The third-order valence-corrected chi connectivity index (χ3v) is 15.7. The Morgan fingerprint density at radius 1 is 0.708 bits per heavy atom. The van der Waals surface area contributed by atoms with Crippen molar-refractivity contribution in [3.8, 4) is 0 Å². The highest BCUT2D eigenvalue weighted by Gasteiger charge is 2.70. The highest BCUT2D eigenvalue weighted by molar-refractivity contribution is 5.76. The molecule has 4 fully saturated rings. The van der Waals surface area contributed by atoms with Gasteiger partial charge >= 0.3 is 5.97 Å². The molecule has 7 rings (SSSR count). The van der Waals surface area contributed by atoms with E-state index in [0.29, 0.717) is 25.0 Å². The normalized spacial score (nSPS) is 43.1. The fourth-order valence-electron chi connectivity index (χ4n) is 12.6. The van der Waals surface area contributed by atoms with Crippen molar-refractivity contribution in [2.45, 2.75) is 132 Å². The van der Waals surface area contributed by atoms with E-state index in [2.05, 4.69) is 90.1 Å². The van der Waals surface area contributed by atoms with E-state index in [9.17, 15) is 9.90 Å². The number of ether oxygens (including phenoxy) is 2. The maximum atomic E-state index is 13.4. The number of benzene rings is 2. The highest BCUT2D eigenvalue weighted by atomic mass is 16.5. The first-order valence-corrected chi connectivity index (χ1v) is 18.9. The van der Waals surface area contributed by atoms with Gasteiger partial charge in [0.2, 0.25) is 0 Å². The number of carbonyl (C=O) groups is 1. The van der Waals surface area contributed by atoms with Crippen molar-refractivity contribution in [3.63, 3.8) is 0 Å². The Hall–Kier alpha value is -2.43. The van der Waals surface area contributed by atoms with Crippen molar-refractivity contribution in [1.82, 2.24) is 0 Å². The van der Waals surface area contributed by atoms with Crippen LogP contribution in [0.15, 0.2) is 72.3 Å². The molecule has 0 aliphatic heterocycles. The van der Waals surface area contributed by atoms with E-state index in [1.807, 2.05) is 25.1 Å². The van der Waals surface area contributed by atoms with Crippen LogP contribution in [0, 0.1) is 50.2 Å². The Morgan fingerprint density at radius 3 is 1.92 bits per heavy atom. The summed E-state index contributed by atoms with van der Waals surface area (Å²) in [5, 5.41) is 11.0. The minimum atomic E-state index is -0.907. The number of allylic oxidation sites excluding steroid dienone is 2. The highest BCUT2D eigenvalue weighted by Crippen LogP contribution is 2.76. The van der Waals surface area contributed by atoms with E-state index in [-0.39, 0.29) is 45.2 Å². The lowest BCUT2D eigenvalue weighted by Gasteiger charge is -2.71. The standard InChI is InChI=1S/C44H60O4/c1-39(2)26-33-32-18-19-34-41(4)22-21-36(47-28-30-14-10-8-11-15-30)44(7,38(45)46)35(41)20-23-43(34,6)42(32,5)25-24-40(33,3)37(27-39)48-29-31-16-12-9-13-17-31/h8-18,33-37H,19-29H2,1-7H3,(H,45,46)/t33-,34-,35?,36+,37-,40-,41-,42-,43-,44-/m1/s1. The molecular weight excluding hydrogens is 592 g/mol. The smallest absolute Gasteiger partial charge is 0.312 e. The van der Waals surface area contributed by atoms with Crippen molar-refractivity contribution in [1.29, 1.82) is 0 Å². The second kappa shape index (κ2) is 11.8. The molecule has 260 valence electrons. The van der Waals surface area contributed by atoms with Crippen LogP contribution in [0.4, 0.5) is 0 Å². The topological polar surface area (TPSA) is 55.8 Å². The lowest BCUT2D eigenvalue weighted by Crippen LogP contribution is -2.66. The zero-order valence-electron chi connectivity index (χ0n) is 30.7. The molecule has 0 amide bonds. The van der Waals surface area contributed by atoms with Gasteiger partial charge in [0.1, 0.15) is 0 Å². The monoisotopic (exact) mass is 652 g/mol. The average molecular weight is 653 g/mol. The first kappa shape index (κ1) is 34.0. The van der Waals surface area contributed by atoms with Crippen molar-refractivity contribution < 1.29 is 19.4 Å². The molecule has 2 aromatic rings. The molecule has 1 unspecified atom stereocenters. The number of carboxylic acids is 1. The molecule has 10 atom stereocenters. The van der Waals surface area contributed by atoms with Gasteiger partial charge in [-0.05, 0) is 115 Å². The molecule has 4 saturated carbocycles. The van der Waals surface area contributed by atoms with Crippen LogP contribution in [0.5, 0.6) is 0 Å². The van der Waals surface area contributed by atoms with Gasteiger partial charge < -0.3 is 14.6 Å². The number of carboxylic acid groups (broad SMARTS) is 1. The zero-order chi connectivity index (χ0) is 34.2. The SMILES string of the molecule is CC1(C)C[C@@H]2C3=CC[C@@H]4[C@@]5(C)CC[C@H](OCc6ccccc6)[C@](C)(C(=O)O)C5CC[C@@]4(C)[C@]3(C)CC[C@@]2(C)[C@H](OCc2ccccc2)C1. The summed E-state index contributed by atoms with van der Waals surface area (Å²) in [6.45, 7) is 18.3. The van der Waals surface area contributed by atoms with Gasteiger partial charge in [0.15, 0.2) is 0 Å². The second-order valence-electron chi connectivity index (χ2n) is 18.6. The van der Waals surface area contributed by atoms with Gasteiger partial charge in [-0.2, -0.15) is 0 Å². The fourth-order valence-corrected chi connectivity index (χ4v) is 12.6. The van der Waals surface area contributed by atoms with Crippen molar-refractivity contribution in [3.05, 3.63) is 83.4 Å². The molecule has 5 aliphatic rings.